The topological polar surface area (TPSA) is 102 Å². The number of aliphatic hydroxyl groups is 1. The first-order valence-corrected chi connectivity index (χ1v) is 7.80. The maximum Gasteiger partial charge on any atom is 0.411 e. The van der Waals surface area contributed by atoms with E-state index >= 15 is 0 Å². The number of likely N-dealkylation sites (tertiary alicyclic amines) is 1. The van der Waals surface area contributed by atoms with Crippen molar-refractivity contribution in [3.63, 3.8) is 0 Å². The Bertz CT molecular complexity index is 593. The number of methoxy groups -OCH3 is 2. The van der Waals surface area contributed by atoms with E-state index in [-0.39, 0.29) is 19.4 Å². The largest absolute Gasteiger partial charge is 0.467 e. The number of piperidine rings is 1. The van der Waals surface area contributed by atoms with Crippen LogP contribution >= 0.6 is 0 Å². The monoisotopic (exact) mass is 351 g/mol. The molecule has 8 heteroatoms. The Morgan fingerprint density at radius 3 is 2.04 bits per heavy atom. The van der Waals surface area contributed by atoms with E-state index in [2.05, 4.69) is 0 Å². The van der Waals surface area contributed by atoms with Crippen molar-refractivity contribution in [3.05, 3.63) is 35.9 Å². The van der Waals surface area contributed by atoms with E-state index in [9.17, 15) is 19.5 Å². The van der Waals surface area contributed by atoms with Gasteiger partial charge in [0, 0.05) is 12.8 Å². The van der Waals surface area contributed by atoms with Crippen LogP contribution in [0.25, 0.3) is 0 Å². The molecule has 1 unspecified atom stereocenters. The lowest BCUT2D eigenvalue weighted by atomic mass is 9.93. The number of carbonyl (C=O) groups excluding carboxylic acids is 3. The van der Waals surface area contributed by atoms with Crippen LogP contribution in [0.2, 0.25) is 0 Å². The van der Waals surface area contributed by atoms with Gasteiger partial charge in [-0.25, -0.2) is 14.4 Å². The van der Waals surface area contributed by atoms with Crippen LogP contribution in [0.1, 0.15) is 18.4 Å². The summed E-state index contributed by atoms with van der Waals surface area (Å²) in [5.41, 5.74) is 0.761. The van der Waals surface area contributed by atoms with Crippen molar-refractivity contribution < 1.29 is 33.7 Å². The normalized spacial score (nSPS) is 22.8. The van der Waals surface area contributed by atoms with Gasteiger partial charge in [0.25, 0.3) is 0 Å². The van der Waals surface area contributed by atoms with Gasteiger partial charge in [-0.1, -0.05) is 30.3 Å². The molecule has 1 heterocycles. The van der Waals surface area contributed by atoms with Crippen molar-refractivity contribution in [3.8, 4) is 0 Å². The van der Waals surface area contributed by atoms with Crippen molar-refractivity contribution in [1.82, 2.24) is 4.90 Å². The fourth-order valence-corrected chi connectivity index (χ4v) is 2.80. The maximum atomic E-state index is 12.5. The molecule has 0 spiro atoms. The molecule has 1 aliphatic heterocycles. The second-order valence-corrected chi connectivity index (χ2v) is 5.65. The molecular weight excluding hydrogens is 330 g/mol. The number of nitrogens with zero attached hydrogens (tertiary/aromatic N) is 1. The molecule has 8 nitrogen and oxygen atoms in total. The Kier molecular flexibility index (Phi) is 6.35. The Labute approximate surface area is 145 Å². The number of aliphatic hydroxyl groups excluding tert-OH is 1. The van der Waals surface area contributed by atoms with E-state index in [1.165, 1.54) is 14.2 Å². The Hall–Kier alpha value is -2.61. The third kappa shape index (κ3) is 4.48. The smallest absolute Gasteiger partial charge is 0.411 e. The molecule has 2 rings (SSSR count). The van der Waals surface area contributed by atoms with E-state index < -0.39 is 36.2 Å². The number of benzene rings is 1. The van der Waals surface area contributed by atoms with Crippen LogP contribution in [0.15, 0.2) is 30.3 Å². The lowest BCUT2D eigenvalue weighted by Gasteiger charge is -2.39. The zero-order chi connectivity index (χ0) is 18.4. The molecule has 0 aromatic heterocycles. The molecule has 1 aliphatic rings. The number of carbonyl (C=O) groups is 3. The second-order valence-electron chi connectivity index (χ2n) is 5.65. The van der Waals surface area contributed by atoms with Crippen molar-refractivity contribution >= 4 is 18.0 Å². The van der Waals surface area contributed by atoms with Crippen LogP contribution in [0, 0.1) is 0 Å². The van der Waals surface area contributed by atoms with E-state index in [1.807, 2.05) is 6.07 Å². The number of ether oxygens (including phenoxy) is 3. The van der Waals surface area contributed by atoms with E-state index in [0.29, 0.717) is 0 Å². The average molecular weight is 351 g/mol. The lowest BCUT2D eigenvalue weighted by Crippen LogP contribution is -2.59. The summed E-state index contributed by atoms with van der Waals surface area (Å²) < 4.78 is 14.6. The Morgan fingerprint density at radius 2 is 1.56 bits per heavy atom. The quantitative estimate of drug-likeness (QED) is 0.634. The fourth-order valence-electron chi connectivity index (χ4n) is 2.80. The summed E-state index contributed by atoms with van der Waals surface area (Å²) in [4.78, 5) is 37.6. The molecule has 0 bridgehead atoms. The summed E-state index contributed by atoms with van der Waals surface area (Å²) in [6.07, 6.45) is -1.87. The van der Waals surface area contributed by atoms with Gasteiger partial charge < -0.3 is 19.3 Å². The van der Waals surface area contributed by atoms with Crippen molar-refractivity contribution in [2.45, 2.75) is 37.6 Å². The average Bonchev–Trinajstić information content (AvgIpc) is 2.64. The molecule has 1 N–H and O–H groups in total. The first-order valence-electron chi connectivity index (χ1n) is 7.80. The number of esters is 2. The minimum Gasteiger partial charge on any atom is -0.467 e. The SMILES string of the molecule is COC(=O)[C@H]1CC(O)C[C@@H](C(=O)OC)N1C(=O)OCc1ccccc1. The predicted molar refractivity (Wildman–Crippen MR) is 85.3 cm³/mol. The van der Waals surface area contributed by atoms with Crippen molar-refractivity contribution in [1.29, 1.82) is 0 Å². The molecule has 3 atom stereocenters. The Morgan fingerprint density at radius 1 is 1.04 bits per heavy atom. The molecule has 1 amide bonds. The van der Waals surface area contributed by atoms with E-state index in [0.717, 1.165) is 10.5 Å². The van der Waals surface area contributed by atoms with Crippen LogP contribution in [0.4, 0.5) is 4.79 Å². The summed E-state index contributed by atoms with van der Waals surface area (Å²) >= 11 is 0. The van der Waals surface area contributed by atoms with Crippen LogP contribution < -0.4 is 0 Å². The highest BCUT2D eigenvalue weighted by atomic mass is 16.6. The Balaban J connectivity index is 2.20. The van der Waals surface area contributed by atoms with Crippen molar-refractivity contribution in [2.24, 2.45) is 0 Å². The van der Waals surface area contributed by atoms with Gasteiger partial charge in [0.05, 0.1) is 20.3 Å². The van der Waals surface area contributed by atoms with Gasteiger partial charge in [-0.3, -0.25) is 4.90 Å². The van der Waals surface area contributed by atoms with Gasteiger partial charge >= 0.3 is 18.0 Å². The third-order valence-corrected chi connectivity index (χ3v) is 4.02. The van der Waals surface area contributed by atoms with E-state index in [1.54, 1.807) is 24.3 Å². The minimum atomic E-state index is -1.12. The summed E-state index contributed by atoms with van der Waals surface area (Å²) in [7, 11) is 2.34. The minimum absolute atomic E-state index is 0.0134. The number of amides is 1. The van der Waals surface area contributed by atoms with E-state index in [4.69, 9.17) is 14.2 Å². The second kappa shape index (κ2) is 8.48. The molecular formula is C17H21NO7. The standard InChI is InChI=1S/C17H21NO7/c1-23-15(20)13-8-12(19)9-14(16(21)24-2)18(13)17(22)25-10-11-6-4-3-5-7-11/h3-7,12-14,19H,8-10H2,1-2H3/t12?,13-,14+. The highest BCUT2D eigenvalue weighted by Crippen LogP contribution is 2.26. The van der Waals surface area contributed by atoms with Crippen LogP contribution in [0.3, 0.4) is 0 Å². The molecule has 1 aromatic carbocycles. The van der Waals surface area contributed by atoms with Crippen LogP contribution in [0.5, 0.6) is 0 Å². The van der Waals surface area contributed by atoms with Crippen LogP contribution in [-0.4, -0.2) is 60.4 Å². The lowest BCUT2D eigenvalue weighted by molar-refractivity contribution is -0.159. The highest BCUT2D eigenvalue weighted by Gasteiger charge is 2.46. The van der Waals surface area contributed by atoms with Gasteiger partial charge in [0.2, 0.25) is 0 Å². The first kappa shape index (κ1) is 18.7. The van der Waals surface area contributed by atoms with Gasteiger partial charge in [0.1, 0.15) is 18.7 Å². The van der Waals surface area contributed by atoms with Gasteiger partial charge in [-0.15, -0.1) is 0 Å². The highest BCUT2D eigenvalue weighted by molar-refractivity contribution is 5.87. The molecule has 1 aromatic rings. The fraction of sp³-hybridized carbons (Fsp3) is 0.471. The molecule has 0 radical (unpaired) electrons. The number of hydrogen-bond acceptors (Lipinski definition) is 7. The maximum absolute atomic E-state index is 12.5. The number of rotatable bonds is 4. The molecule has 1 saturated heterocycles. The summed E-state index contributed by atoms with van der Waals surface area (Å²) in [6.45, 7) is -0.0134. The summed E-state index contributed by atoms with van der Waals surface area (Å²) in [6, 6.07) is 6.75. The zero-order valence-corrected chi connectivity index (χ0v) is 14.1. The zero-order valence-electron chi connectivity index (χ0n) is 14.1. The summed E-state index contributed by atoms with van der Waals surface area (Å²) in [5.74, 6) is -1.46. The predicted octanol–water partition coefficient (Wildman–Crippen LogP) is 0.863. The van der Waals surface area contributed by atoms with Gasteiger partial charge in [0.15, 0.2) is 0 Å². The van der Waals surface area contributed by atoms with Gasteiger partial charge in [-0.2, -0.15) is 0 Å². The molecule has 136 valence electrons. The molecule has 1 fully saturated rings. The molecule has 25 heavy (non-hydrogen) atoms. The third-order valence-electron chi connectivity index (χ3n) is 4.02. The van der Waals surface area contributed by atoms with Gasteiger partial charge in [-0.05, 0) is 5.56 Å². The molecule has 0 saturated carbocycles. The van der Waals surface area contributed by atoms with Crippen molar-refractivity contribution in [2.75, 3.05) is 14.2 Å². The summed E-state index contributed by atoms with van der Waals surface area (Å²) in [5, 5.41) is 9.95. The molecule has 0 aliphatic carbocycles. The number of hydrogen-bond donors (Lipinski definition) is 1. The van der Waals surface area contributed by atoms with Crippen LogP contribution in [-0.2, 0) is 30.4 Å². The first-order chi connectivity index (χ1) is 12.0.